The lowest BCUT2D eigenvalue weighted by Gasteiger charge is -2.35. The molecule has 3 aromatic rings. The molecule has 2 aromatic heterocycles. The number of benzene rings is 1. The first-order valence-electron chi connectivity index (χ1n) is 19.8. The number of carboxylic acids is 1. The van der Waals surface area contributed by atoms with Gasteiger partial charge in [-0.15, -0.1) is 17.9 Å². The van der Waals surface area contributed by atoms with Crippen molar-refractivity contribution in [3.63, 3.8) is 0 Å². The van der Waals surface area contributed by atoms with Gasteiger partial charge in [0, 0.05) is 29.2 Å². The molecule has 18 heteroatoms. The van der Waals surface area contributed by atoms with Gasteiger partial charge in [-0.25, -0.2) is 24.4 Å². The van der Waals surface area contributed by atoms with Gasteiger partial charge in [0.25, 0.3) is 0 Å². The van der Waals surface area contributed by atoms with Crippen LogP contribution in [0.25, 0.3) is 22.3 Å². The van der Waals surface area contributed by atoms with Crippen molar-refractivity contribution in [3.05, 3.63) is 40.7 Å². The molecular weight excluding hydrogens is 848 g/mol. The molecule has 59 heavy (non-hydrogen) atoms. The summed E-state index contributed by atoms with van der Waals surface area (Å²) in [6.07, 6.45) is 2.32. The Labute approximate surface area is 354 Å². The molecule has 3 heterocycles. The van der Waals surface area contributed by atoms with Crippen LogP contribution in [0, 0.1) is 11.3 Å². The number of rotatable bonds is 14. The number of aliphatic carboxylic acids is 1. The highest BCUT2D eigenvalue weighted by Crippen LogP contribution is 2.45. The second kappa shape index (κ2) is 17.7. The molecule has 3 aliphatic rings. The molecule has 1 saturated heterocycles. The van der Waals surface area contributed by atoms with E-state index in [0.29, 0.717) is 50.0 Å². The van der Waals surface area contributed by atoms with Crippen molar-refractivity contribution in [2.75, 3.05) is 18.5 Å². The van der Waals surface area contributed by atoms with Crippen LogP contribution in [0.4, 0.5) is 14.7 Å². The van der Waals surface area contributed by atoms with Gasteiger partial charge in [-0.1, -0.05) is 26.8 Å². The maximum absolute atomic E-state index is 14.7. The molecule has 0 spiro atoms. The highest BCUT2D eigenvalue weighted by Gasteiger charge is 2.61. The molecular formula is C41H51BrN6O10S. The van der Waals surface area contributed by atoms with Gasteiger partial charge in [-0.3, -0.25) is 14.9 Å². The number of nitrogens with one attached hydrogen (secondary N) is 3. The van der Waals surface area contributed by atoms with Crippen LogP contribution in [0.3, 0.4) is 0 Å². The van der Waals surface area contributed by atoms with Crippen LogP contribution < -0.4 is 25.4 Å². The number of carbonyl (C=O) groups excluding carboxylic acids is 4. The second-order valence-electron chi connectivity index (χ2n) is 16.4. The number of aromatic nitrogens is 2. The molecule has 1 aliphatic heterocycles. The number of nitrogens with zero attached hydrogens (tertiary/aromatic N) is 3. The lowest BCUT2D eigenvalue weighted by atomic mass is 9.85. The molecule has 4 amide bonds. The topological polar surface area (TPSA) is 208 Å². The Morgan fingerprint density at radius 2 is 1.81 bits per heavy atom. The number of anilines is 1. The van der Waals surface area contributed by atoms with Crippen LogP contribution in [0.2, 0.25) is 0 Å². The van der Waals surface area contributed by atoms with Crippen LogP contribution in [-0.2, 0) is 23.9 Å². The van der Waals surface area contributed by atoms with Crippen molar-refractivity contribution >= 4 is 73.3 Å². The summed E-state index contributed by atoms with van der Waals surface area (Å²) >= 11 is 4.83. The number of alkyl carbamates (subject to hydrolysis) is 1. The molecule has 0 bridgehead atoms. The second-order valence-corrected chi connectivity index (χ2v) is 18.0. The predicted molar refractivity (Wildman–Crippen MR) is 223 cm³/mol. The zero-order valence-electron chi connectivity index (χ0n) is 34.0. The van der Waals surface area contributed by atoms with E-state index in [1.807, 2.05) is 6.92 Å². The highest BCUT2D eigenvalue weighted by molar-refractivity contribution is 9.10. The van der Waals surface area contributed by atoms with Gasteiger partial charge in [0.2, 0.25) is 11.8 Å². The maximum atomic E-state index is 14.7. The van der Waals surface area contributed by atoms with E-state index in [0.717, 1.165) is 25.7 Å². The number of amides is 4. The monoisotopic (exact) mass is 898 g/mol. The number of thiazole rings is 1. The van der Waals surface area contributed by atoms with Crippen LogP contribution in [0.1, 0.15) is 80.1 Å². The van der Waals surface area contributed by atoms with Crippen molar-refractivity contribution in [2.45, 2.75) is 116 Å². The van der Waals surface area contributed by atoms with E-state index in [-0.39, 0.29) is 31.6 Å². The predicted octanol–water partition coefficient (Wildman–Crippen LogP) is 7.05. The Bertz CT molecular complexity index is 2120. The summed E-state index contributed by atoms with van der Waals surface area (Å²) in [4.78, 5) is 77.5. The minimum Gasteiger partial charge on any atom is -0.493 e. The summed E-state index contributed by atoms with van der Waals surface area (Å²) in [6, 6.07) is 3.00. The lowest BCUT2D eigenvalue weighted by molar-refractivity contribution is -0.146. The molecule has 2 aliphatic carbocycles. The molecule has 0 unspecified atom stereocenters. The van der Waals surface area contributed by atoms with E-state index in [4.69, 9.17) is 23.9 Å². The molecule has 16 nitrogen and oxygen atoms in total. The number of fused-ring (bicyclic) bond motifs is 1. The third-order valence-corrected chi connectivity index (χ3v) is 12.1. The highest BCUT2D eigenvalue weighted by atomic mass is 79.9. The smallest absolute Gasteiger partial charge is 0.413 e. The summed E-state index contributed by atoms with van der Waals surface area (Å²) in [5, 5.41) is 20.8. The summed E-state index contributed by atoms with van der Waals surface area (Å²) in [6.45, 7) is 14.8. The van der Waals surface area contributed by atoms with Crippen molar-refractivity contribution < 1.29 is 48.0 Å². The first-order chi connectivity index (χ1) is 27.9. The van der Waals surface area contributed by atoms with Gasteiger partial charge >= 0.3 is 18.2 Å². The third kappa shape index (κ3) is 9.75. The van der Waals surface area contributed by atoms with E-state index in [9.17, 15) is 29.1 Å². The molecule has 1 aromatic carbocycles. The molecule has 2 saturated carbocycles. The minimum absolute atomic E-state index is 0.00447. The fourth-order valence-electron chi connectivity index (χ4n) is 7.48. The standard InChI is InChI=1S/C41H51BrN6O10S/c1-8-22-18-41(22,36(51)52)47-34(49)28-16-24(19-48(28)35(50)33(40(5,6)7)45-38(53)58-23-12-10-11-13-23)57-30-17-26(27-20-59-37(44-27)46-39(54)56-21(3)4)43-32-25(30)14-15-29(31(32)42)55-9-2/h8,14-15,17,20-24,28,33H,1,9-13,16,18-19H2,2-7H3,(H,45,53)(H,47,49)(H,51,52)(H,44,46,54)/t22-,24-,28+,33-,41-/m1/s1. The van der Waals surface area contributed by atoms with Crippen molar-refractivity contribution in [3.8, 4) is 22.9 Å². The Morgan fingerprint density at radius 3 is 2.44 bits per heavy atom. The quantitative estimate of drug-likeness (QED) is 0.120. The zero-order valence-corrected chi connectivity index (χ0v) is 36.4. The molecule has 6 rings (SSSR count). The van der Waals surface area contributed by atoms with Gasteiger partial charge in [0.15, 0.2) is 5.13 Å². The van der Waals surface area contributed by atoms with Gasteiger partial charge in [-0.2, -0.15) is 0 Å². The molecule has 318 valence electrons. The van der Waals surface area contributed by atoms with Crippen LogP contribution in [-0.4, -0.2) is 99.0 Å². The number of halogens is 1. The number of ether oxygens (including phenoxy) is 4. The molecule has 4 N–H and O–H groups in total. The van der Waals surface area contributed by atoms with Crippen LogP contribution in [0.5, 0.6) is 11.5 Å². The van der Waals surface area contributed by atoms with Gasteiger partial charge in [0.1, 0.15) is 47.0 Å². The SMILES string of the molecule is C=C[C@@H]1C[C@]1(NC(=O)[C@@H]1C[C@@H](Oc2cc(-c3csc(NC(=O)OC(C)C)n3)nc3c(Br)c(OCC)ccc23)CN1C(=O)[C@@H](NC(=O)OC1CCCC1)C(C)(C)C)C(=O)O. The largest absolute Gasteiger partial charge is 0.493 e. The average Bonchev–Trinajstić information content (AvgIpc) is 3.57. The van der Waals surface area contributed by atoms with E-state index in [1.165, 1.54) is 22.3 Å². The van der Waals surface area contributed by atoms with Crippen LogP contribution >= 0.6 is 27.3 Å². The first-order valence-corrected chi connectivity index (χ1v) is 21.4. The van der Waals surface area contributed by atoms with Crippen molar-refractivity contribution in [2.24, 2.45) is 11.3 Å². The number of likely N-dealkylation sites (tertiary alicyclic amines) is 1. The lowest BCUT2D eigenvalue weighted by Crippen LogP contribution is -2.59. The van der Waals surface area contributed by atoms with E-state index in [2.05, 4.69) is 43.4 Å². The summed E-state index contributed by atoms with van der Waals surface area (Å²) < 4.78 is 24.0. The summed E-state index contributed by atoms with van der Waals surface area (Å²) in [5.74, 6) is -2.00. The Hall–Kier alpha value is -4.97. The summed E-state index contributed by atoms with van der Waals surface area (Å²) in [5.41, 5.74) is -1.05. The Morgan fingerprint density at radius 1 is 1.08 bits per heavy atom. The normalized spacial score (nSPS) is 22.1. The Balaban J connectivity index is 1.34. The van der Waals surface area contributed by atoms with Crippen molar-refractivity contribution in [1.82, 2.24) is 25.5 Å². The van der Waals surface area contributed by atoms with Gasteiger partial charge in [0.05, 0.1) is 34.9 Å². The van der Waals surface area contributed by atoms with Gasteiger partial charge < -0.3 is 39.6 Å². The Kier molecular flexibility index (Phi) is 13.1. The number of carboxylic acid groups (broad SMARTS) is 1. The van der Waals surface area contributed by atoms with Crippen LogP contribution in [0.15, 0.2) is 40.7 Å². The molecule has 5 atom stereocenters. The molecule has 0 radical (unpaired) electrons. The van der Waals surface area contributed by atoms with E-state index < -0.39 is 65.0 Å². The first kappa shape index (κ1) is 43.6. The van der Waals surface area contributed by atoms with Crippen molar-refractivity contribution in [1.29, 1.82) is 0 Å². The minimum atomic E-state index is -1.55. The molecule has 3 fully saturated rings. The average molecular weight is 900 g/mol. The zero-order chi connectivity index (χ0) is 42.8. The fourth-order valence-corrected chi connectivity index (χ4v) is 8.72. The van der Waals surface area contributed by atoms with E-state index in [1.54, 1.807) is 58.2 Å². The number of hydrogen-bond donors (Lipinski definition) is 4. The number of pyridine rings is 1. The number of carbonyl (C=O) groups is 5. The number of hydrogen-bond acceptors (Lipinski definition) is 12. The summed E-state index contributed by atoms with van der Waals surface area (Å²) in [7, 11) is 0. The van der Waals surface area contributed by atoms with Gasteiger partial charge in [-0.05, 0) is 86.4 Å². The maximum Gasteiger partial charge on any atom is 0.413 e. The third-order valence-electron chi connectivity index (χ3n) is 10.6. The van der Waals surface area contributed by atoms with E-state index >= 15 is 0 Å². The fraction of sp³-hybridized carbons (Fsp3) is 0.537.